The van der Waals surface area contributed by atoms with Crippen molar-refractivity contribution in [2.75, 3.05) is 0 Å². The van der Waals surface area contributed by atoms with Crippen molar-refractivity contribution in [3.8, 4) is 17.1 Å². The van der Waals surface area contributed by atoms with Crippen LogP contribution in [0.4, 0.5) is 0 Å². The van der Waals surface area contributed by atoms with Crippen LogP contribution >= 0.6 is 23.4 Å². The summed E-state index contributed by atoms with van der Waals surface area (Å²) in [7, 11) is 0. The van der Waals surface area contributed by atoms with Crippen LogP contribution in [0.3, 0.4) is 0 Å². The van der Waals surface area contributed by atoms with Crippen LogP contribution in [0.1, 0.15) is 17.3 Å². The lowest BCUT2D eigenvalue weighted by molar-refractivity contribution is 0.391. The first kappa shape index (κ1) is 17.8. The quantitative estimate of drug-likeness (QED) is 0.447. The maximum Gasteiger partial charge on any atom is 0.237 e. The molecule has 0 spiro atoms. The molecule has 2 heterocycles. The number of halogens is 1. The highest BCUT2D eigenvalue weighted by molar-refractivity contribution is 7.98. The minimum Gasteiger partial charge on any atom is -0.338 e. The van der Waals surface area contributed by atoms with Crippen molar-refractivity contribution in [2.45, 2.75) is 24.8 Å². The van der Waals surface area contributed by atoms with E-state index in [0.29, 0.717) is 22.5 Å². The number of aryl methyl sites for hydroxylation is 2. The van der Waals surface area contributed by atoms with Gasteiger partial charge in [0.05, 0.1) is 11.4 Å². The Hall–Kier alpha value is -2.64. The van der Waals surface area contributed by atoms with E-state index < -0.39 is 0 Å². The molecule has 27 heavy (non-hydrogen) atoms. The average Bonchev–Trinajstić information content (AvgIpc) is 3.28. The van der Waals surface area contributed by atoms with E-state index in [-0.39, 0.29) is 0 Å². The van der Waals surface area contributed by atoms with Gasteiger partial charge in [0.1, 0.15) is 5.82 Å². The summed E-state index contributed by atoms with van der Waals surface area (Å²) >= 11 is 7.43. The number of benzene rings is 2. The Balaban J connectivity index is 1.54. The molecule has 136 valence electrons. The molecule has 0 saturated carbocycles. The monoisotopic (exact) mass is 397 g/mol. The minimum atomic E-state index is 0.505. The minimum absolute atomic E-state index is 0.505. The molecule has 0 aliphatic rings. The topological polar surface area (TPSA) is 69.6 Å². The molecule has 0 unspecified atom stereocenters. The van der Waals surface area contributed by atoms with E-state index in [4.69, 9.17) is 16.1 Å². The summed E-state index contributed by atoms with van der Waals surface area (Å²) in [6.07, 6.45) is 0. The molecule has 4 aromatic rings. The lowest BCUT2D eigenvalue weighted by Crippen LogP contribution is -2.01. The Morgan fingerprint density at radius 3 is 2.59 bits per heavy atom. The number of hydrogen-bond acceptors (Lipinski definition) is 6. The smallest absolute Gasteiger partial charge is 0.237 e. The fourth-order valence-electron chi connectivity index (χ4n) is 2.68. The highest BCUT2D eigenvalue weighted by Crippen LogP contribution is 2.27. The van der Waals surface area contributed by atoms with Crippen LogP contribution in [0.2, 0.25) is 5.02 Å². The van der Waals surface area contributed by atoms with Gasteiger partial charge in [0.2, 0.25) is 11.7 Å². The number of nitrogens with zero attached hydrogens (tertiary/aromatic N) is 5. The molecule has 0 aliphatic heterocycles. The van der Waals surface area contributed by atoms with E-state index in [1.807, 2.05) is 35.8 Å². The van der Waals surface area contributed by atoms with Gasteiger partial charge in [0.15, 0.2) is 5.16 Å². The Morgan fingerprint density at radius 2 is 1.81 bits per heavy atom. The molecule has 0 saturated heterocycles. The van der Waals surface area contributed by atoms with Gasteiger partial charge in [0.25, 0.3) is 0 Å². The zero-order valence-corrected chi connectivity index (χ0v) is 16.3. The predicted molar refractivity (Wildman–Crippen MR) is 105 cm³/mol. The van der Waals surface area contributed by atoms with Crippen molar-refractivity contribution >= 4 is 23.4 Å². The first-order valence-electron chi connectivity index (χ1n) is 8.31. The second kappa shape index (κ2) is 7.54. The highest BCUT2D eigenvalue weighted by atomic mass is 35.5. The van der Waals surface area contributed by atoms with Gasteiger partial charge in [-0.3, -0.25) is 4.57 Å². The van der Waals surface area contributed by atoms with Crippen molar-refractivity contribution in [1.82, 2.24) is 24.9 Å². The number of thioether (sulfide) groups is 1. The van der Waals surface area contributed by atoms with E-state index in [1.165, 1.54) is 11.8 Å². The second-order valence-electron chi connectivity index (χ2n) is 5.96. The summed E-state index contributed by atoms with van der Waals surface area (Å²) in [5.74, 6) is 2.41. The van der Waals surface area contributed by atoms with Gasteiger partial charge < -0.3 is 4.52 Å². The maximum absolute atomic E-state index is 5.92. The summed E-state index contributed by atoms with van der Waals surface area (Å²) in [6.45, 7) is 4.01. The normalized spacial score (nSPS) is 11.1. The van der Waals surface area contributed by atoms with Crippen LogP contribution in [0.5, 0.6) is 0 Å². The molecule has 0 fully saturated rings. The molecule has 2 aromatic carbocycles. The van der Waals surface area contributed by atoms with Crippen molar-refractivity contribution in [1.29, 1.82) is 0 Å². The van der Waals surface area contributed by atoms with E-state index >= 15 is 0 Å². The molecule has 4 rings (SSSR count). The summed E-state index contributed by atoms with van der Waals surface area (Å²) in [5.41, 5.74) is 3.08. The molecular weight excluding hydrogens is 382 g/mol. The molecule has 0 amide bonds. The van der Waals surface area contributed by atoms with Gasteiger partial charge in [-0.25, -0.2) is 0 Å². The SMILES string of the molecule is Cc1ccccc1-n1c(C)nnc1SCc1nc(-c2ccc(Cl)cc2)no1. The van der Waals surface area contributed by atoms with Gasteiger partial charge in [-0.2, -0.15) is 4.98 Å². The molecule has 0 N–H and O–H groups in total. The fourth-order valence-corrected chi connectivity index (χ4v) is 3.64. The first-order chi connectivity index (χ1) is 13.1. The maximum atomic E-state index is 5.92. The van der Waals surface area contributed by atoms with Crippen LogP contribution in [0.15, 0.2) is 58.2 Å². The molecule has 6 nitrogen and oxygen atoms in total. The summed E-state index contributed by atoms with van der Waals surface area (Å²) in [4.78, 5) is 4.45. The highest BCUT2D eigenvalue weighted by Gasteiger charge is 2.15. The standard InChI is InChI=1S/C19H16ClN5OS/c1-12-5-3-4-6-16(12)25-13(2)22-23-19(25)27-11-17-21-18(24-26-17)14-7-9-15(20)10-8-14/h3-10H,11H2,1-2H3. The van der Waals surface area contributed by atoms with Gasteiger partial charge in [-0.05, 0) is 49.7 Å². The van der Waals surface area contributed by atoms with E-state index in [2.05, 4.69) is 39.4 Å². The molecule has 2 aromatic heterocycles. The van der Waals surface area contributed by atoms with Gasteiger partial charge >= 0.3 is 0 Å². The summed E-state index contributed by atoms with van der Waals surface area (Å²) in [5, 5.41) is 14.0. The van der Waals surface area contributed by atoms with Crippen molar-refractivity contribution < 1.29 is 4.52 Å². The number of para-hydroxylation sites is 1. The summed E-state index contributed by atoms with van der Waals surface area (Å²) < 4.78 is 7.41. The van der Waals surface area contributed by atoms with E-state index in [0.717, 1.165) is 27.8 Å². The Kier molecular flexibility index (Phi) is 4.96. The number of rotatable bonds is 5. The van der Waals surface area contributed by atoms with Crippen LogP contribution < -0.4 is 0 Å². The fraction of sp³-hybridized carbons (Fsp3) is 0.158. The van der Waals surface area contributed by atoms with Crippen molar-refractivity contribution in [3.63, 3.8) is 0 Å². The number of hydrogen-bond donors (Lipinski definition) is 0. The largest absolute Gasteiger partial charge is 0.338 e. The molecule has 0 radical (unpaired) electrons. The first-order valence-corrected chi connectivity index (χ1v) is 9.67. The Labute approximate surface area is 165 Å². The predicted octanol–water partition coefficient (Wildman–Crippen LogP) is 4.88. The Bertz CT molecular complexity index is 1070. The molecule has 0 atom stereocenters. The van der Waals surface area contributed by atoms with Crippen LogP contribution in [0.25, 0.3) is 17.1 Å². The van der Waals surface area contributed by atoms with Gasteiger partial charge in [-0.1, -0.05) is 46.7 Å². The van der Waals surface area contributed by atoms with Crippen LogP contribution in [-0.2, 0) is 5.75 Å². The number of aromatic nitrogens is 5. The molecule has 8 heteroatoms. The van der Waals surface area contributed by atoms with Crippen molar-refractivity contribution in [3.05, 3.63) is 70.8 Å². The summed E-state index contributed by atoms with van der Waals surface area (Å²) in [6, 6.07) is 15.5. The molecular formula is C19H16ClN5OS. The molecule has 0 aliphatic carbocycles. The Morgan fingerprint density at radius 1 is 1.04 bits per heavy atom. The third-order valence-corrected chi connectivity index (χ3v) is 5.21. The van der Waals surface area contributed by atoms with Gasteiger partial charge in [0, 0.05) is 10.6 Å². The lowest BCUT2D eigenvalue weighted by atomic mass is 10.2. The van der Waals surface area contributed by atoms with E-state index in [9.17, 15) is 0 Å². The molecule has 0 bridgehead atoms. The zero-order chi connectivity index (χ0) is 18.8. The lowest BCUT2D eigenvalue weighted by Gasteiger charge is -2.10. The third-order valence-electron chi connectivity index (χ3n) is 4.05. The van der Waals surface area contributed by atoms with Crippen LogP contribution in [-0.4, -0.2) is 24.9 Å². The van der Waals surface area contributed by atoms with Gasteiger partial charge in [-0.15, -0.1) is 10.2 Å². The zero-order valence-electron chi connectivity index (χ0n) is 14.8. The van der Waals surface area contributed by atoms with Crippen LogP contribution in [0, 0.1) is 13.8 Å². The average molecular weight is 398 g/mol. The van der Waals surface area contributed by atoms with Crippen molar-refractivity contribution in [2.24, 2.45) is 0 Å². The van der Waals surface area contributed by atoms with E-state index in [1.54, 1.807) is 12.1 Å². The second-order valence-corrected chi connectivity index (χ2v) is 7.34. The third kappa shape index (κ3) is 3.74.